The van der Waals surface area contributed by atoms with Crippen LogP contribution >= 0.6 is 0 Å². The quantitative estimate of drug-likeness (QED) is 0.776. The summed E-state index contributed by atoms with van der Waals surface area (Å²) >= 11 is 0. The van der Waals surface area contributed by atoms with Gasteiger partial charge in [-0.05, 0) is 23.8 Å². The van der Waals surface area contributed by atoms with Gasteiger partial charge in [0.2, 0.25) is 0 Å². The molecule has 0 aliphatic carbocycles. The highest BCUT2D eigenvalue weighted by atomic mass is 16.5. The monoisotopic (exact) mass is 284 g/mol. The number of ether oxygens (including phenoxy) is 1. The van der Waals surface area contributed by atoms with Crippen molar-refractivity contribution in [1.29, 1.82) is 0 Å². The molecule has 6 heteroatoms. The molecule has 2 aromatic heterocycles. The Labute approximate surface area is 121 Å². The first-order valence-electron chi connectivity index (χ1n) is 6.58. The molecule has 108 valence electrons. The second-order valence-corrected chi connectivity index (χ2v) is 4.81. The number of amides is 1. The summed E-state index contributed by atoms with van der Waals surface area (Å²) < 4.78 is 4.74. The zero-order valence-corrected chi connectivity index (χ0v) is 11.9. The molecule has 2 N–H and O–H groups in total. The summed E-state index contributed by atoms with van der Waals surface area (Å²) in [4.78, 5) is 23.5. The fourth-order valence-corrected chi connectivity index (χ4v) is 2.35. The highest BCUT2D eigenvalue weighted by Crippen LogP contribution is 2.25. The first-order valence-corrected chi connectivity index (χ1v) is 6.58. The summed E-state index contributed by atoms with van der Waals surface area (Å²) in [7, 11) is 3.06. The number of imidazole rings is 1. The minimum absolute atomic E-state index is 0.390. The lowest BCUT2D eigenvalue weighted by molar-refractivity contribution is 0.180. The normalized spacial score (nSPS) is 10.8. The van der Waals surface area contributed by atoms with Crippen molar-refractivity contribution in [2.24, 2.45) is 0 Å². The lowest BCUT2D eigenvalue weighted by Gasteiger charge is -2.15. The molecule has 6 nitrogen and oxygen atoms in total. The molecule has 1 amide bonds. The molecule has 0 bridgehead atoms. The van der Waals surface area contributed by atoms with Crippen molar-refractivity contribution in [3.63, 3.8) is 0 Å². The number of nitrogens with zero attached hydrogens (tertiary/aromatic N) is 2. The van der Waals surface area contributed by atoms with Gasteiger partial charge in [-0.3, -0.25) is 4.90 Å². The smallest absolute Gasteiger partial charge is 0.413 e. The summed E-state index contributed by atoms with van der Waals surface area (Å²) in [5, 5.41) is 1.08. The Bertz CT molecular complexity index is 761. The van der Waals surface area contributed by atoms with Gasteiger partial charge in [0.25, 0.3) is 0 Å². The van der Waals surface area contributed by atoms with Crippen LogP contribution in [0.25, 0.3) is 10.9 Å². The third-order valence-electron chi connectivity index (χ3n) is 3.51. The van der Waals surface area contributed by atoms with Gasteiger partial charge >= 0.3 is 6.09 Å². The summed E-state index contributed by atoms with van der Waals surface area (Å²) in [6.45, 7) is 0. The molecule has 1 aromatic carbocycles. The van der Waals surface area contributed by atoms with E-state index in [1.54, 1.807) is 13.4 Å². The maximum atomic E-state index is 11.6. The number of carbonyl (C=O) groups excluding carboxylic acids is 1. The van der Waals surface area contributed by atoms with Crippen LogP contribution in [-0.4, -0.2) is 35.2 Å². The van der Waals surface area contributed by atoms with Crippen LogP contribution in [0.2, 0.25) is 0 Å². The van der Waals surface area contributed by atoms with E-state index in [1.807, 2.05) is 30.6 Å². The van der Waals surface area contributed by atoms with E-state index in [0.717, 1.165) is 34.3 Å². The number of hydrogen-bond acceptors (Lipinski definition) is 3. The molecule has 0 saturated heterocycles. The molecule has 0 fully saturated rings. The Balaban J connectivity index is 1.97. The van der Waals surface area contributed by atoms with Crippen LogP contribution in [0.3, 0.4) is 0 Å². The molecule has 21 heavy (non-hydrogen) atoms. The van der Waals surface area contributed by atoms with Crippen LogP contribution in [0.1, 0.15) is 11.3 Å². The van der Waals surface area contributed by atoms with Gasteiger partial charge < -0.3 is 14.7 Å². The number of rotatable bonds is 3. The predicted molar refractivity (Wildman–Crippen MR) is 80.5 cm³/mol. The molecule has 2 heterocycles. The van der Waals surface area contributed by atoms with E-state index in [4.69, 9.17) is 4.74 Å². The van der Waals surface area contributed by atoms with Gasteiger partial charge in [-0.15, -0.1) is 0 Å². The van der Waals surface area contributed by atoms with Crippen LogP contribution in [0, 0.1) is 0 Å². The van der Waals surface area contributed by atoms with E-state index in [-0.39, 0.29) is 0 Å². The number of fused-ring (bicyclic) bond motifs is 1. The second-order valence-electron chi connectivity index (χ2n) is 4.81. The van der Waals surface area contributed by atoms with Crippen molar-refractivity contribution in [3.8, 4) is 0 Å². The molecule has 0 radical (unpaired) electrons. The Morgan fingerprint density at radius 2 is 2.24 bits per heavy atom. The minimum Gasteiger partial charge on any atom is -0.452 e. The van der Waals surface area contributed by atoms with Crippen molar-refractivity contribution >= 4 is 22.7 Å². The molecule has 0 aliphatic rings. The molecule has 0 unspecified atom stereocenters. The largest absolute Gasteiger partial charge is 0.452 e. The highest BCUT2D eigenvalue weighted by molar-refractivity contribution is 5.92. The SMILES string of the molecule is COC(=O)N(C)c1ccc2[nH]cc(Cc3c[nH]cn3)c2c1. The summed E-state index contributed by atoms with van der Waals surface area (Å²) in [6.07, 6.45) is 5.86. The Morgan fingerprint density at radius 1 is 1.38 bits per heavy atom. The van der Waals surface area contributed by atoms with Crippen LogP contribution in [0.15, 0.2) is 36.9 Å². The maximum absolute atomic E-state index is 11.6. The second kappa shape index (κ2) is 5.32. The number of H-pyrrole nitrogens is 2. The standard InChI is InChI=1S/C15H16N4O2/c1-19(15(20)21-2)12-3-4-14-13(6-12)10(7-17-14)5-11-8-16-9-18-11/h3-4,6-9,17H,5H2,1-2H3,(H,16,18). The third-order valence-corrected chi connectivity index (χ3v) is 3.51. The Hall–Kier alpha value is -2.76. The fourth-order valence-electron chi connectivity index (χ4n) is 2.35. The lowest BCUT2D eigenvalue weighted by atomic mass is 10.1. The van der Waals surface area contributed by atoms with Gasteiger partial charge in [-0.25, -0.2) is 9.78 Å². The first kappa shape index (κ1) is 13.2. The van der Waals surface area contributed by atoms with Crippen molar-refractivity contribution in [3.05, 3.63) is 48.2 Å². The van der Waals surface area contributed by atoms with Gasteiger partial charge in [-0.2, -0.15) is 0 Å². The van der Waals surface area contributed by atoms with Crippen LogP contribution in [0.4, 0.5) is 10.5 Å². The number of nitrogens with one attached hydrogen (secondary N) is 2. The average Bonchev–Trinajstić information content (AvgIpc) is 3.16. The van der Waals surface area contributed by atoms with Crippen LogP contribution in [-0.2, 0) is 11.2 Å². The van der Waals surface area contributed by atoms with Gasteiger partial charge in [0, 0.05) is 42.5 Å². The molecule has 3 aromatic rings. The molecule has 0 aliphatic heterocycles. The molecule has 0 atom stereocenters. The number of hydrogen-bond donors (Lipinski definition) is 2. The summed E-state index contributed by atoms with van der Waals surface area (Å²) in [5.74, 6) is 0. The number of methoxy groups -OCH3 is 1. The van der Waals surface area contributed by atoms with E-state index in [9.17, 15) is 4.79 Å². The molecular formula is C15H16N4O2. The van der Waals surface area contributed by atoms with Crippen molar-refractivity contribution < 1.29 is 9.53 Å². The van der Waals surface area contributed by atoms with E-state index in [2.05, 4.69) is 15.0 Å². The maximum Gasteiger partial charge on any atom is 0.413 e. The minimum atomic E-state index is -0.390. The number of aromatic amines is 2. The highest BCUT2D eigenvalue weighted by Gasteiger charge is 2.13. The summed E-state index contributed by atoms with van der Waals surface area (Å²) in [5.41, 5.74) is 3.93. The van der Waals surface area contributed by atoms with E-state index < -0.39 is 6.09 Å². The Kier molecular flexibility index (Phi) is 3.35. The van der Waals surface area contributed by atoms with Gasteiger partial charge in [0.05, 0.1) is 19.1 Å². The molecule has 3 rings (SSSR count). The van der Waals surface area contributed by atoms with Gasteiger partial charge in [0.1, 0.15) is 0 Å². The Morgan fingerprint density at radius 3 is 2.95 bits per heavy atom. The van der Waals surface area contributed by atoms with Crippen molar-refractivity contribution in [2.45, 2.75) is 6.42 Å². The molecular weight excluding hydrogens is 268 g/mol. The zero-order chi connectivity index (χ0) is 14.8. The molecule has 0 saturated carbocycles. The van der Waals surface area contributed by atoms with Crippen molar-refractivity contribution in [2.75, 3.05) is 19.1 Å². The first-order chi connectivity index (χ1) is 10.2. The fraction of sp³-hybridized carbons (Fsp3) is 0.200. The zero-order valence-electron chi connectivity index (χ0n) is 11.9. The number of aromatic nitrogens is 3. The van der Waals surface area contributed by atoms with E-state index in [1.165, 1.54) is 12.0 Å². The lowest BCUT2D eigenvalue weighted by Crippen LogP contribution is -2.25. The van der Waals surface area contributed by atoms with Gasteiger partial charge in [-0.1, -0.05) is 0 Å². The number of benzene rings is 1. The van der Waals surface area contributed by atoms with Crippen molar-refractivity contribution in [1.82, 2.24) is 15.0 Å². The molecule has 0 spiro atoms. The predicted octanol–water partition coefficient (Wildman–Crippen LogP) is 2.68. The third kappa shape index (κ3) is 2.47. The van der Waals surface area contributed by atoms with Crippen LogP contribution in [0.5, 0.6) is 0 Å². The number of anilines is 1. The number of carbonyl (C=O) groups is 1. The van der Waals surface area contributed by atoms with Crippen LogP contribution < -0.4 is 4.90 Å². The topological polar surface area (TPSA) is 74.0 Å². The summed E-state index contributed by atoms with van der Waals surface area (Å²) in [6, 6.07) is 5.82. The van der Waals surface area contributed by atoms with E-state index >= 15 is 0 Å². The van der Waals surface area contributed by atoms with E-state index in [0.29, 0.717) is 0 Å². The van der Waals surface area contributed by atoms with Gasteiger partial charge in [0.15, 0.2) is 0 Å². The average molecular weight is 284 g/mol.